The number of aromatic nitrogens is 4. The van der Waals surface area contributed by atoms with Crippen LogP contribution in [0.1, 0.15) is 54.6 Å². The maximum Gasteiger partial charge on any atom is 0.263 e. The average Bonchev–Trinajstić information content (AvgIpc) is 3.39. The Balaban J connectivity index is 1.41. The Morgan fingerprint density at radius 1 is 1.11 bits per heavy atom. The van der Waals surface area contributed by atoms with Crippen molar-refractivity contribution in [3.05, 3.63) is 46.0 Å². The summed E-state index contributed by atoms with van der Waals surface area (Å²) in [7, 11) is 0. The third-order valence-electron chi connectivity index (χ3n) is 7.39. The molecule has 4 heterocycles. The molecule has 0 aromatic carbocycles. The van der Waals surface area contributed by atoms with Gasteiger partial charge in [-0.15, -0.1) is 0 Å². The van der Waals surface area contributed by atoms with Crippen LogP contribution < -0.4 is 15.8 Å². The van der Waals surface area contributed by atoms with Gasteiger partial charge in [-0.1, -0.05) is 12.8 Å². The Bertz CT molecular complexity index is 1310. The van der Waals surface area contributed by atoms with Gasteiger partial charge in [0, 0.05) is 50.3 Å². The highest BCUT2D eigenvalue weighted by atomic mass is 16.3. The standard InChI is InChI=1S/C26H33N7O3/c1-17-21-16-28-26(30-24(21)33(19-5-3-4-6-19)25(36)23(17)18(2)35)29-22-8-7-20(15-27-22)32-11-9-31(10-12-32)13-14-34/h7-8,15-16,19,34H,3-6,9-14H2,1-2H3,(H,27,28,29,30). The van der Waals surface area contributed by atoms with E-state index in [0.717, 1.165) is 62.9 Å². The topological polar surface area (TPSA) is 116 Å². The third kappa shape index (κ3) is 4.70. The number of fused-ring (bicyclic) bond motifs is 1. The number of aliphatic hydroxyl groups is 1. The van der Waals surface area contributed by atoms with Crippen molar-refractivity contribution in [1.82, 2.24) is 24.4 Å². The van der Waals surface area contributed by atoms with Crippen LogP contribution in [0.15, 0.2) is 29.3 Å². The molecule has 2 aliphatic rings. The Labute approximate surface area is 210 Å². The van der Waals surface area contributed by atoms with E-state index in [9.17, 15) is 9.59 Å². The van der Waals surface area contributed by atoms with E-state index >= 15 is 0 Å². The zero-order chi connectivity index (χ0) is 25.2. The predicted molar refractivity (Wildman–Crippen MR) is 139 cm³/mol. The van der Waals surface area contributed by atoms with E-state index in [1.54, 1.807) is 17.7 Å². The SMILES string of the molecule is CC(=O)c1c(C)c2cnc(Nc3ccc(N4CCN(CCO)CC4)cn3)nc2n(C2CCCC2)c1=O. The van der Waals surface area contributed by atoms with E-state index in [0.29, 0.717) is 29.5 Å². The second kappa shape index (κ2) is 10.3. The maximum atomic E-state index is 13.4. The number of nitrogens with zero attached hydrogens (tertiary/aromatic N) is 6. The minimum Gasteiger partial charge on any atom is -0.395 e. The van der Waals surface area contributed by atoms with Crippen molar-refractivity contribution in [1.29, 1.82) is 0 Å². The Morgan fingerprint density at radius 3 is 2.50 bits per heavy atom. The fourth-order valence-corrected chi connectivity index (χ4v) is 5.44. The number of carbonyl (C=O) groups is 1. The smallest absolute Gasteiger partial charge is 0.263 e. The number of carbonyl (C=O) groups excluding carboxylic acids is 1. The van der Waals surface area contributed by atoms with Gasteiger partial charge in [-0.05, 0) is 44.4 Å². The number of rotatable bonds is 7. The van der Waals surface area contributed by atoms with E-state index in [4.69, 9.17) is 10.1 Å². The van der Waals surface area contributed by atoms with Gasteiger partial charge in [0.25, 0.3) is 5.56 Å². The fourth-order valence-electron chi connectivity index (χ4n) is 5.44. The summed E-state index contributed by atoms with van der Waals surface area (Å²) in [6.07, 6.45) is 7.45. The summed E-state index contributed by atoms with van der Waals surface area (Å²) in [6, 6.07) is 3.96. The molecule has 3 aromatic heterocycles. The Hall–Kier alpha value is -3.37. The van der Waals surface area contributed by atoms with Gasteiger partial charge < -0.3 is 15.3 Å². The summed E-state index contributed by atoms with van der Waals surface area (Å²) in [4.78, 5) is 44.0. The molecule has 5 rings (SSSR count). The lowest BCUT2D eigenvalue weighted by Crippen LogP contribution is -2.47. The molecule has 0 radical (unpaired) electrons. The zero-order valence-corrected chi connectivity index (χ0v) is 20.9. The second-order valence-corrected chi connectivity index (χ2v) is 9.68. The van der Waals surface area contributed by atoms with Gasteiger partial charge in [-0.2, -0.15) is 4.98 Å². The summed E-state index contributed by atoms with van der Waals surface area (Å²) in [5, 5.41) is 13.0. The van der Waals surface area contributed by atoms with Crippen molar-refractivity contribution >= 4 is 34.3 Å². The second-order valence-electron chi connectivity index (χ2n) is 9.68. The monoisotopic (exact) mass is 491 g/mol. The Morgan fingerprint density at radius 2 is 1.86 bits per heavy atom. The van der Waals surface area contributed by atoms with E-state index in [-0.39, 0.29) is 29.6 Å². The molecule has 0 bridgehead atoms. The largest absolute Gasteiger partial charge is 0.395 e. The molecule has 1 aliphatic heterocycles. The minimum absolute atomic E-state index is 0.0386. The molecule has 0 unspecified atom stereocenters. The van der Waals surface area contributed by atoms with Crippen LogP contribution in [0.3, 0.4) is 0 Å². The minimum atomic E-state index is -0.259. The lowest BCUT2D eigenvalue weighted by atomic mass is 10.0. The first-order chi connectivity index (χ1) is 17.5. The first-order valence-corrected chi connectivity index (χ1v) is 12.7. The van der Waals surface area contributed by atoms with Crippen molar-refractivity contribution in [3.8, 4) is 0 Å². The lowest BCUT2D eigenvalue weighted by Gasteiger charge is -2.35. The van der Waals surface area contributed by atoms with Crippen LogP contribution in [-0.4, -0.2) is 74.6 Å². The summed E-state index contributed by atoms with van der Waals surface area (Å²) >= 11 is 0. The normalized spacial score (nSPS) is 17.1. The molecule has 190 valence electrons. The molecule has 36 heavy (non-hydrogen) atoms. The molecular formula is C26H33N7O3. The van der Waals surface area contributed by atoms with Gasteiger partial charge in [-0.25, -0.2) is 9.97 Å². The number of ketones is 1. The fraction of sp³-hybridized carbons (Fsp3) is 0.500. The van der Waals surface area contributed by atoms with E-state index in [1.807, 2.05) is 18.3 Å². The number of Topliss-reactive ketones (excluding diaryl/α,β-unsaturated/α-hetero) is 1. The van der Waals surface area contributed by atoms with E-state index < -0.39 is 0 Å². The number of anilines is 3. The van der Waals surface area contributed by atoms with Crippen LogP contribution in [0.2, 0.25) is 0 Å². The highest BCUT2D eigenvalue weighted by Crippen LogP contribution is 2.32. The Kier molecular flexibility index (Phi) is 6.97. The zero-order valence-electron chi connectivity index (χ0n) is 20.9. The van der Waals surface area contributed by atoms with Crippen LogP contribution in [-0.2, 0) is 0 Å². The van der Waals surface area contributed by atoms with Crippen molar-refractivity contribution in [2.75, 3.05) is 49.5 Å². The summed E-state index contributed by atoms with van der Waals surface area (Å²) in [6.45, 7) is 7.75. The van der Waals surface area contributed by atoms with Gasteiger partial charge in [0.15, 0.2) is 5.78 Å². The van der Waals surface area contributed by atoms with Gasteiger partial charge >= 0.3 is 0 Å². The molecule has 1 saturated carbocycles. The first kappa shape index (κ1) is 24.3. The van der Waals surface area contributed by atoms with E-state index in [2.05, 4.69) is 25.1 Å². The average molecular weight is 492 g/mol. The molecule has 0 spiro atoms. The molecule has 1 saturated heterocycles. The van der Waals surface area contributed by atoms with Crippen LogP contribution in [0.25, 0.3) is 11.0 Å². The molecular weight excluding hydrogens is 458 g/mol. The van der Waals surface area contributed by atoms with Gasteiger partial charge in [0.2, 0.25) is 5.95 Å². The predicted octanol–water partition coefficient (Wildman–Crippen LogP) is 2.67. The van der Waals surface area contributed by atoms with Gasteiger partial charge in [0.05, 0.1) is 24.1 Å². The summed E-state index contributed by atoms with van der Waals surface area (Å²) in [5.74, 6) is 0.748. The van der Waals surface area contributed by atoms with Gasteiger partial charge in [-0.3, -0.25) is 19.1 Å². The lowest BCUT2D eigenvalue weighted by molar-refractivity contribution is 0.101. The van der Waals surface area contributed by atoms with Crippen molar-refractivity contribution in [2.24, 2.45) is 0 Å². The van der Waals surface area contributed by atoms with Crippen LogP contribution >= 0.6 is 0 Å². The molecule has 3 aromatic rings. The number of aliphatic hydroxyl groups excluding tert-OH is 1. The first-order valence-electron chi connectivity index (χ1n) is 12.7. The number of aryl methyl sites for hydroxylation is 1. The van der Waals surface area contributed by atoms with Crippen molar-refractivity contribution < 1.29 is 9.90 Å². The van der Waals surface area contributed by atoms with E-state index in [1.165, 1.54) is 6.92 Å². The molecule has 0 amide bonds. The highest BCUT2D eigenvalue weighted by Gasteiger charge is 2.26. The molecule has 1 aliphatic carbocycles. The van der Waals surface area contributed by atoms with Crippen molar-refractivity contribution in [2.45, 2.75) is 45.6 Å². The van der Waals surface area contributed by atoms with Crippen LogP contribution in [0, 0.1) is 6.92 Å². The van der Waals surface area contributed by atoms with Crippen molar-refractivity contribution in [3.63, 3.8) is 0 Å². The molecule has 0 atom stereocenters. The number of pyridine rings is 2. The molecule has 2 N–H and O–H groups in total. The number of hydrogen-bond donors (Lipinski definition) is 2. The van der Waals surface area contributed by atoms with Crippen LogP contribution in [0.4, 0.5) is 17.5 Å². The maximum absolute atomic E-state index is 13.4. The number of β-amino-alcohol motifs (C(OH)–C–C–N with tert-alkyl or cyclic N) is 1. The summed E-state index contributed by atoms with van der Waals surface area (Å²) < 4.78 is 1.71. The number of hydrogen-bond acceptors (Lipinski definition) is 9. The molecule has 2 fully saturated rings. The summed E-state index contributed by atoms with van der Waals surface area (Å²) in [5.41, 5.74) is 2.21. The van der Waals surface area contributed by atoms with Gasteiger partial charge in [0.1, 0.15) is 11.5 Å². The number of piperazine rings is 1. The number of nitrogens with one attached hydrogen (secondary N) is 1. The molecule has 10 nitrogen and oxygen atoms in total. The third-order valence-corrected chi connectivity index (χ3v) is 7.39. The van der Waals surface area contributed by atoms with Crippen LogP contribution in [0.5, 0.6) is 0 Å². The highest BCUT2D eigenvalue weighted by molar-refractivity contribution is 5.99. The molecule has 10 heteroatoms. The quantitative estimate of drug-likeness (QED) is 0.481.